The maximum Gasteiger partial charge on any atom is 0.305 e. The lowest BCUT2D eigenvalue weighted by Gasteiger charge is -2.12. The van der Waals surface area contributed by atoms with Crippen LogP contribution < -0.4 is 11.1 Å². The zero-order chi connectivity index (χ0) is 14.0. The number of hydrogen-bond acceptors (Lipinski definition) is 5. The van der Waals surface area contributed by atoms with Crippen LogP contribution in [0.15, 0.2) is 4.99 Å². The van der Waals surface area contributed by atoms with E-state index in [4.69, 9.17) is 5.73 Å². The zero-order valence-corrected chi connectivity index (χ0v) is 12.0. The van der Waals surface area contributed by atoms with Gasteiger partial charge in [0.25, 0.3) is 0 Å². The molecule has 1 heterocycles. The first-order valence-corrected chi connectivity index (χ1v) is 6.80. The van der Waals surface area contributed by atoms with Crippen molar-refractivity contribution < 1.29 is 9.53 Å². The smallest absolute Gasteiger partial charge is 0.305 e. The molecule has 106 valence electrons. The fraction of sp³-hybridized carbons (Fsp3) is 0.846. The lowest BCUT2D eigenvalue weighted by atomic mass is 10.0. The van der Waals surface area contributed by atoms with Crippen LogP contribution in [-0.4, -0.2) is 31.1 Å². The van der Waals surface area contributed by atoms with Crippen molar-refractivity contribution >= 4 is 11.9 Å². The number of carbonyl (C=O) groups excluding carboxylic acids is 1. The van der Waals surface area contributed by atoms with Crippen molar-refractivity contribution in [2.75, 3.05) is 7.11 Å². The van der Waals surface area contributed by atoms with Crippen LogP contribution in [-0.2, 0) is 9.53 Å². The van der Waals surface area contributed by atoms with E-state index in [1.807, 2.05) is 13.8 Å². The molecule has 1 aliphatic rings. The molecule has 5 nitrogen and oxygen atoms in total. The number of guanidine groups is 1. The molecule has 2 atom stereocenters. The summed E-state index contributed by atoms with van der Waals surface area (Å²) in [6.45, 7) is 6.09. The molecule has 0 radical (unpaired) electrons. The number of hydrogen-bond donors (Lipinski definition) is 2. The van der Waals surface area contributed by atoms with Crippen molar-refractivity contribution in [2.24, 2.45) is 10.7 Å². The first-order chi connectivity index (χ1) is 8.63. The van der Waals surface area contributed by atoms with Gasteiger partial charge in [-0.05, 0) is 19.8 Å². The third-order valence-electron chi connectivity index (χ3n) is 2.87. The number of nitrogens with zero attached hydrogens (tertiary/aromatic N) is 1. The van der Waals surface area contributed by atoms with Crippen LogP contribution in [0, 0.1) is 0 Å². The molecule has 0 aliphatic carbocycles. The van der Waals surface area contributed by atoms with E-state index in [1.54, 1.807) is 0 Å². The molecule has 5 heteroatoms. The molecule has 3 N–H and O–H groups in total. The second-order valence-corrected chi connectivity index (χ2v) is 4.19. The Morgan fingerprint density at radius 3 is 2.56 bits per heavy atom. The van der Waals surface area contributed by atoms with Crippen LogP contribution in [0.3, 0.4) is 0 Å². The van der Waals surface area contributed by atoms with Crippen LogP contribution in [0.4, 0.5) is 0 Å². The Morgan fingerprint density at radius 2 is 2.06 bits per heavy atom. The third-order valence-corrected chi connectivity index (χ3v) is 2.87. The molecule has 18 heavy (non-hydrogen) atoms. The number of esters is 1. The molecule has 1 aliphatic heterocycles. The minimum Gasteiger partial charge on any atom is -0.469 e. The molecule has 0 fully saturated rings. The quantitative estimate of drug-likeness (QED) is 0.562. The third kappa shape index (κ3) is 6.47. The summed E-state index contributed by atoms with van der Waals surface area (Å²) in [6, 6.07) is 0.624. The van der Waals surface area contributed by atoms with E-state index >= 15 is 0 Å². The molecular formula is C13H27N3O2. The first-order valence-electron chi connectivity index (χ1n) is 6.80. The van der Waals surface area contributed by atoms with E-state index in [0.29, 0.717) is 18.4 Å². The maximum atomic E-state index is 10.9. The van der Waals surface area contributed by atoms with E-state index < -0.39 is 0 Å². The molecule has 0 amide bonds. The Bertz CT molecular complexity index is 267. The van der Waals surface area contributed by atoms with Gasteiger partial charge in [-0.3, -0.25) is 4.79 Å². The molecular weight excluding hydrogens is 230 g/mol. The number of aliphatic imine (C=N–C) groups is 1. The van der Waals surface area contributed by atoms with Gasteiger partial charge in [-0.1, -0.05) is 26.7 Å². The van der Waals surface area contributed by atoms with Gasteiger partial charge in [-0.2, -0.15) is 0 Å². The van der Waals surface area contributed by atoms with Crippen LogP contribution >= 0.6 is 0 Å². The van der Waals surface area contributed by atoms with Crippen molar-refractivity contribution in [1.29, 1.82) is 0 Å². The largest absolute Gasteiger partial charge is 0.469 e. The van der Waals surface area contributed by atoms with Gasteiger partial charge in [0.15, 0.2) is 5.96 Å². The molecule has 1 rings (SSSR count). The summed E-state index contributed by atoms with van der Waals surface area (Å²) in [5.41, 5.74) is 5.58. The molecule has 0 aromatic carbocycles. The number of nitrogens with one attached hydrogen (secondary N) is 1. The summed E-state index contributed by atoms with van der Waals surface area (Å²) < 4.78 is 4.57. The lowest BCUT2D eigenvalue weighted by molar-refractivity contribution is -0.140. The first kappa shape index (κ1) is 16.7. The van der Waals surface area contributed by atoms with Gasteiger partial charge in [0.05, 0.1) is 13.2 Å². The van der Waals surface area contributed by atoms with Crippen molar-refractivity contribution in [3.63, 3.8) is 0 Å². The molecule has 0 saturated carbocycles. The van der Waals surface area contributed by atoms with Crippen molar-refractivity contribution in [3.8, 4) is 0 Å². The van der Waals surface area contributed by atoms with E-state index in [2.05, 4.69) is 22.0 Å². The Kier molecular flexibility index (Phi) is 9.06. The minimum atomic E-state index is -0.127. The number of carbonyl (C=O) groups is 1. The number of nitrogens with two attached hydrogens (primary N) is 1. The predicted octanol–water partition coefficient (Wildman–Crippen LogP) is 1.81. The lowest BCUT2D eigenvalue weighted by Crippen LogP contribution is -2.35. The van der Waals surface area contributed by atoms with Gasteiger partial charge in [-0.25, -0.2) is 4.99 Å². The van der Waals surface area contributed by atoms with E-state index in [9.17, 15) is 4.79 Å². The highest BCUT2D eigenvalue weighted by molar-refractivity contribution is 5.80. The number of rotatable bonds is 6. The highest BCUT2D eigenvalue weighted by atomic mass is 16.5. The number of unbranched alkanes of at least 4 members (excludes halogenated alkanes) is 2. The molecule has 0 aromatic heterocycles. The molecule has 2 unspecified atom stereocenters. The van der Waals surface area contributed by atoms with Crippen molar-refractivity contribution in [2.45, 2.75) is 65.0 Å². The Hall–Kier alpha value is -1.26. The summed E-state index contributed by atoms with van der Waals surface area (Å²) >= 11 is 0. The van der Waals surface area contributed by atoms with Gasteiger partial charge >= 0.3 is 5.97 Å². The number of ether oxygens (including phenoxy) is 1. The summed E-state index contributed by atoms with van der Waals surface area (Å²) in [7, 11) is 1.42. The second kappa shape index (κ2) is 9.74. The maximum absolute atomic E-state index is 10.9. The number of methoxy groups -OCH3 is 1. The van der Waals surface area contributed by atoms with Gasteiger partial charge in [-0.15, -0.1) is 0 Å². The van der Waals surface area contributed by atoms with Crippen LogP contribution in [0.1, 0.15) is 52.9 Å². The Morgan fingerprint density at radius 1 is 1.39 bits per heavy atom. The van der Waals surface area contributed by atoms with Crippen molar-refractivity contribution in [3.05, 3.63) is 0 Å². The van der Waals surface area contributed by atoms with E-state index in [1.165, 1.54) is 7.11 Å². The Balaban J connectivity index is 0.00000137. The predicted molar refractivity (Wildman–Crippen MR) is 74.5 cm³/mol. The van der Waals surface area contributed by atoms with Gasteiger partial charge in [0.2, 0.25) is 0 Å². The summed E-state index contributed by atoms with van der Waals surface area (Å²) in [5, 5.41) is 3.09. The molecule has 0 bridgehead atoms. The topological polar surface area (TPSA) is 76.7 Å². The average Bonchev–Trinajstić information content (AvgIpc) is 2.69. The molecule has 0 saturated heterocycles. The highest BCUT2D eigenvalue weighted by Crippen LogP contribution is 2.14. The van der Waals surface area contributed by atoms with Crippen LogP contribution in [0.5, 0.6) is 0 Å². The van der Waals surface area contributed by atoms with Gasteiger partial charge < -0.3 is 15.8 Å². The van der Waals surface area contributed by atoms with E-state index in [0.717, 1.165) is 25.7 Å². The van der Waals surface area contributed by atoms with Crippen LogP contribution in [0.25, 0.3) is 0 Å². The molecule has 0 aromatic rings. The van der Waals surface area contributed by atoms with E-state index in [-0.39, 0.29) is 12.0 Å². The summed E-state index contributed by atoms with van der Waals surface area (Å²) in [5.74, 6) is 0.422. The molecule has 0 spiro atoms. The summed E-state index contributed by atoms with van der Waals surface area (Å²) in [4.78, 5) is 15.2. The highest BCUT2D eigenvalue weighted by Gasteiger charge is 2.22. The summed E-state index contributed by atoms with van der Waals surface area (Å²) in [6.07, 6.45) is 4.54. The van der Waals surface area contributed by atoms with Crippen molar-refractivity contribution in [1.82, 2.24) is 5.32 Å². The Labute approximate surface area is 110 Å². The standard InChI is InChI=1S/C11H21N3O2.C2H6/c1-8-9(14-11(12)13-8)6-4-3-5-7-10(15)16-2;1-2/h8-9H,3-7H2,1-2H3,(H3,12,13,14);1-2H3. The van der Waals surface area contributed by atoms with Gasteiger partial charge in [0.1, 0.15) is 0 Å². The van der Waals surface area contributed by atoms with Gasteiger partial charge in [0, 0.05) is 12.5 Å². The average molecular weight is 257 g/mol. The monoisotopic (exact) mass is 257 g/mol. The van der Waals surface area contributed by atoms with Crippen LogP contribution in [0.2, 0.25) is 0 Å². The zero-order valence-electron chi connectivity index (χ0n) is 12.0. The normalized spacial score (nSPS) is 21.4. The fourth-order valence-electron chi connectivity index (χ4n) is 1.87. The SMILES string of the molecule is CC.COC(=O)CCCCCC1N=C(N)NC1C. The minimum absolute atomic E-state index is 0.127. The fourth-order valence-corrected chi connectivity index (χ4v) is 1.87. The second-order valence-electron chi connectivity index (χ2n) is 4.19.